The number of piperidine rings is 1. The first-order valence-corrected chi connectivity index (χ1v) is 6.37. The summed E-state index contributed by atoms with van der Waals surface area (Å²) in [6.45, 7) is 2.59. The summed E-state index contributed by atoms with van der Waals surface area (Å²) in [6, 6.07) is 1.30. The van der Waals surface area contributed by atoms with Crippen LogP contribution in [-0.4, -0.2) is 35.0 Å². The Hall–Kier alpha value is -1.89. The summed E-state index contributed by atoms with van der Waals surface area (Å²) in [6.07, 6.45) is 3.45. The minimum Gasteiger partial charge on any atom is -0.350 e. The van der Waals surface area contributed by atoms with E-state index in [1.807, 2.05) is 0 Å². The van der Waals surface area contributed by atoms with Crippen molar-refractivity contribution < 1.29 is 9.72 Å². The van der Waals surface area contributed by atoms with E-state index in [0.29, 0.717) is 18.2 Å². The number of carbonyl (C=O) groups excluding carboxylic acids is 1. The number of carbonyl (C=O) groups is 1. The predicted octanol–water partition coefficient (Wildman–Crippen LogP) is 0.663. The van der Waals surface area contributed by atoms with E-state index in [1.165, 1.54) is 16.8 Å². The molecular weight excluding hydrogens is 248 g/mol. The quantitative estimate of drug-likeness (QED) is 0.619. The van der Waals surface area contributed by atoms with Crippen molar-refractivity contribution in [2.45, 2.75) is 12.8 Å². The maximum Gasteiger partial charge on any atom is 0.287 e. The molecule has 1 aromatic heterocycles. The number of nitro groups is 1. The molecule has 0 saturated carbocycles. The Morgan fingerprint density at radius 3 is 2.84 bits per heavy atom. The SMILES string of the molecule is Cn1cc([N+](=O)[O-])cc1C(=O)NCC1CCNCC1. The van der Waals surface area contributed by atoms with Crippen LogP contribution in [0, 0.1) is 16.0 Å². The van der Waals surface area contributed by atoms with Gasteiger partial charge in [0, 0.05) is 19.7 Å². The standard InChI is InChI=1S/C12H18N4O3/c1-15-8-10(16(18)19)6-11(15)12(17)14-7-9-2-4-13-5-3-9/h6,8-9,13H,2-5,7H2,1H3,(H,14,17). The Balaban J connectivity index is 1.93. The number of amides is 1. The molecule has 0 atom stereocenters. The van der Waals surface area contributed by atoms with E-state index in [0.717, 1.165) is 25.9 Å². The van der Waals surface area contributed by atoms with E-state index in [-0.39, 0.29) is 11.6 Å². The van der Waals surface area contributed by atoms with Crippen molar-refractivity contribution >= 4 is 11.6 Å². The van der Waals surface area contributed by atoms with Crippen LogP contribution in [0.4, 0.5) is 5.69 Å². The zero-order valence-electron chi connectivity index (χ0n) is 10.9. The molecule has 0 spiro atoms. The number of aryl methyl sites for hydroxylation is 1. The largest absolute Gasteiger partial charge is 0.350 e. The fourth-order valence-electron chi connectivity index (χ4n) is 2.29. The van der Waals surface area contributed by atoms with Gasteiger partial charge in [0.2, 0.25) is 0 Å². The number of nitrogens with one attached hydrogen (secondary N) is 2. The summed E-state index contributed by atoms with van der Waals surface area (Å²) >= 11 is 0. The van der Waals surface area contributed by atoms with Crippen LogP contribution < -0.4 is 10.6 Å². The van der Waals surface area contributed by atoms with E-state index in [4.69, 9.17) is 0 Å². The van der Waals surface area contributed by atoms with Gasteiger partial charge in [-0.2, -0.15) is 0 Å². The van der Waals surface area contributed by atoms with Crippen LogP contribution in [0.25, 0.3) is 0 Å². The van der Waals surface area contributed by atoms with Crippen molar-refractivity contribution in [1.82, 2.24) is 15.2 Å². The minimum atomic E-state index is -0.496. The Morgan fingerprint density at radius 1 is 1.58 bits per heavy atom. The molecule has 1 saturated heterocycles. The maximum atomic E-state index is 12.0. The lowest BCUT2D eigenvalue weighted by molar-refractivity contribution is -0.384. The molecule has 1 aliphatic rings. The zero-order chi connectivity index (χ0) is 13.8. The maximum absolute atomic E-state index is 12.0. The van der Waals surface area contributed by atoms with Gasteiger partial charge < -0.3 is 15.2 Å². The van der Waals surface area contributed by atoms with E-state index in [1.54, 1.807) is 7.05 Å². The first-order chi connectivity index (χ1) is 9.08. The Kier molecular flexibility index (Phi) is 4.16. The summed E-state index contributed by atoms with van der Waals surface area (Å²) in [5.41, 5.74) is 0.259. The molecule has 0 radical (unpaired) electrons. The van der Waals surface area contributed by atoms with Crippen molar-refractivity contribution in [3.63, 3.8) is 0 Å². The molecule has 0 bridgehead atoms. The topological polar surface area (TPSA) is 89.2 Å². The third-order valence-corrected chi connectivity index (χ3v) is 3.44. The highest BCUT2D eigenvalue weighted by Gasteiger charge is 2.19. The van der Waals surface area contributed by atoms with Crippen LogP contribution in [-0.2, 0) is 7.05 Å². The van der Waals surface area contributed by atoms with E-state index in [2.05, 4.69) is 10.6 Å². The molecule has 1 aliphatic heterocycles. The molecule has 104 valence electrons. The zero-order valence-corrected chi connectivity index (χ0v) is 10.9. The van der Waals surface area contributed by atoms with Gasteiger partial charge in [-0.05, 0) is 31.8 Å². The highest BCUT2D eigenvalue weighted by Crippen LogP contribution is 2.15. The fourth-order valence-corrected chi connectivity index (χ4v) is 2.29. The molecule has 19 heavy (non-hydrogen) atoms. The van der Waals surface area contributed by atoms with E-state index in [9.17, 15) is 14.9 Å². The smallest absolute Gasteiger partial charge is 0.287 e. The summed E-state index contributed by atoms with van der Waals surface area (Å²) in [5, 5.41) is 16.8. The summed E-state index contributed by atoms with van der Waals surface area (Å²) < 4.78 is 1.48. The third kappa shape index (κ3) is 3.31. The van der Waals surface area contributed by atoms with Gasteiger partial charge in [-0.1, -0.05) is 0 Å². The number of aromatic nitrogens is 1. The minimum absolute atomic E-state index is 0.0606. The van der Waals surface area contributed by atoms with Crippen LogP contribution in [0.2, 0.25) is 0 Å². The fraction of sp³-hybridized carbons (Fsp3) is 0.583. The van der Waals surface area contributed by atoms with Crippen LogP contribution in [0.5, 0.6) is 0 Å². The Bertz CT molecular complexity index is 477. The lowest BCUT2D eigenvalue weighted by atomic mass is 9.98. The van der Waals surface area contributed by atoms with Gasteiger partial charge in [-0.3, -0.25) is 14.9 Å². The number of hydrogen-bond donors (Lipinski definition) is 2. The van der Waals surface area contributed by atoms with Crippen LogP contribution in [0.3, 0.4) is 0 Å². The lowest BCUT2D eigenvalue weighted by Crippen LogP contribution is -2.36. The van der Waals surface area contributed by atoms with Crippen molar-refractivity contribution in [3.8, 4) is 0 Å². The lowest BCUT2D eigenvalue weighted by Gasteiger charge is -2.22. The van der Waals surface area contributed by atoms with Gasteiger partial charge in [0.1, 0.15) is 5.69 Å². The van der Waals surface area contributed by atoms with Crippen molar-refractivity contribution in [3.05, 3.63) is 28.1 Å². The van der Waals surface area contributed by atoms with Crippen molar-refractivity contribution in [1.29, 1.82) is 0 Å². The van der Waals surface area contributed by atoms with Gasteiger partial charge in [-0.15, -0.1) is 0 Å². The summed E-state index contributed by atoms with van der Waals surface area (Å²) in [4.78, 5) is 22.1. The number of nitrogens with zero attached hydrogens (tertiary/aromatic N) is 2. The predicted molar refractivity (Wildman–Crippen MR) is 70.0 cm³/mol. The number of hydrogen-bond acceptors (Lipinski definition) is 4. The van der Waals surface area contributed by atoms with E-state index >= 15 is 0 Å². The summed E-state index contributed by atoms with van der Waals surface area (Å²) in [7, 11) is 1.63. The van der Waals surface area contributed by atoms with Crippen molar-refractivity contribution in [2.24, 2.45) is 13.0 Å². The third-order valence-electron chi connectivity index (χ3n) is 3.44. The molecule has 0 aliphatic carbocycles. The average Bonchev–Trinajstić information content (AvgIpc) is 2.80. The normalized spacial score (nSPS) is 16.3. The highest BCUT2D eigenvalue weighted by molar-refractivity contribution is 5.93. The molecule has 2 rings (SSSR count). The molecule has 2 N–H and O–H groups in total. The van der Waals surface area contributed by atoms with Crippen LogP contribution in [0.15, 0.2) is 12.3 Å². The van der Waals surface area contributed by atoms with Crippen LogP contribution >= 0.6 is 0 Å². The van der Waals surface area contributed by atoms with E-state index < -0.39 is 4.92 Å². The molecule has 1 fully saturated rings. The highest BCUT2D eigenvalue weighted by atomic mass is 16.6. The molecule has 0 unspecified atom stereocenters. The number of rotatable bonds is 4. The second-order valence-electron chi connectivity index (χ2n) is 4.85. The van der Waals surface area contributed by atoms with Gasteiger partial charge in [-0.25, -0.2) is 0 Å². The molecular formula is C12H18N4O3. The molecule has 1 amide bonds. The average molecular weight is 266 g/mol. The van der Waals surface area contributed by atoms with Crippen molar-refractivity contribution in [2.75, 3.05) is 19.6 Å². The van der Waals surface area contributed by atoms with Gasteiger partial charge >= 0.3 is 0 Å². The molecule has 7 nitrogen and oxygen atoms in total. The second-order valence-corrected chi connectivity index (χ2v) is 4.85. The molecule has 1 aromatic rings. The van der Waals surface area contributed by atoms with Gasteiger partial charge in [0.05, 0.1) is 11.1 Å². The molecule has 7 heteroatoms. The van der Waals surface area contributed by atoms with Gasteiger partial charge in [0.25, 0.3) is 11.6 Å². The Labute approximate surface area is 111 Å². The molecule has 0 aromatic carbocycles. The Morgan fingerprint density at radius 2 is 2.26 bits per heavy atom. The van der Waals surface area contributed by atoms with Gasteiger partial charge in [0.15, 0.2) is 0 Å². The summed E-state index contributed by atoms with van der Waals surface area (Å²) in [5.74, 6) is 0.231. The second kappa shape index (κ2) is 5.83. The van der Waals surface area contributed by atoms with Crippen LogP contribution in [0.1, 0.15) is 23.3 Å². The first kappa shape index (κ1) is 13.5. The molecule has 2 heterocycles. The monoisotopic (exact) mass is 266 g/mol. The first-order valence-electron chi connectivity index (χ1n) is 6.37.